The van der Waals surface area contributed by atoms with Crippen molar-refractivity contribution in [3.63, 3.8) is 0 Å². The first-order valence-electron chi connectivity index (χ1n) is 11.2. The van der Waals surface area contributed by atoms with E-state index in [4.69, 9.17) is 9.47 Å². The first-order chi connectivity index (χ1) is 14.5. The van der Waals surface area contributed by atoms with Crippen molar-refractivity contribution in [1.29, 1.82) is 0 Å². The number of ketones is 2. The van der Waals surface area contributed by atoms with Gasteiger partial charge in [-0.05, 0) is 23.3 Å². The monoisotopic (exact) mass is 424 g/mol. The summed E-state index contributed by atoms with van der Waals surface area (Å²) in [5, 5.41) is 11.0. The molecule has 1 N–H and O–H groups in total. The number of aliphatic hydroxyl groups is 1. The van der Waals surface area contributed by atoms with Gasteiger partial charge < -0.3 is 14.6 Å². The van der Waals surface area contributed by atoms with E-state index in [0.29, 0.717) is 60.7 Å². The largest absolute Gasteiger partial charge is 0.512 e. The molecule has 0 bridgehead atoms. The van der Waals surface area contributed by atoms with Gasteiger partial charge in [0.25, 0.3) is 0 Å². The molecule has 0 radical (unpaired) electrons. The summed E-state index contributed by atoms with van der Waals surface area (Å²) in [7, 11) is 0. The van der Waals surface area contributed by atoms with Gasteiger partial charge in [-0.2, -0.15) is 0 Å². The Morgan fingerprint density at radius 1 is 1.00 bits per heavy atom. The third-order valence-corrected chi connectivity index (χ3v) is 6.35. The highest BCUT2D eigenvalue weighted by Crippen LogP contribution is 2.53. The Morgan fingerprint density at radius 2 is 1.65 bits per heavy atom. The number of rotatable bonds is 4. The zero-order valence-electron chi connectivity index (χ0n) is 19.1. The maximum atomic E-state index is 13.3. The number of fused-ring (bicyclic) bond motifs is 1. The van der Waals surface area contributed by atoms with Crippen LogP contribution in [0, 0.1) is 10.8 Å². The number of allylic oxidation sites excluding steroid dienone is 4. The fourth-order valence-electron chi connectivity index (χ4n) is 5.06. The fraction of sp³-hybridized carbons (Fsp3) is 0.538. The number of aliphatic hydroxyl groups excluding tert-OH is 1. The second-order valence-corrected chi connectivity index (χ2v) is 10.7. The smallest absolute Gasteiger partial charge is 0.163 e. The van der Waals surface area contributed by atoms with Gasteiger partial charge in [0, 0.05) is 48.5 Å². The van der Waals surface area contributed by atoms with Crippen molar-refractivity contribution >= 4 is 11.6 Å². The third-order valence-electron chi connectivity index (χ3n) is 6.35. The molecule has 0 spiro atoms. The molecule has 0 saturated carbocycles. The van der Waals surface area contributed by atoms with E-state index in [1.54, 1.807) is 0 Å². The number of benzene rings is 1. The predicted molar refractivity (Wildman–Crippen MR) is 118 cm³/mol. The van der Waals surface area contributed by atoms with E-state index < -0.39 is 5.92 Å². The normalized spacial score (nSPS) is 24.5. The Labute approximate surface area is 184 Å². The molecule has 5 nitrogen and oxygen atoms in total. The highest BCUT2D eigenvalue weighted by atomic mass is 16.5. The summed E-state index contributed by atoms with van der Waals surface area (Å²) in [4.78, 5) is 26.5. The third kappa shape index (κ3) is 4.02. The van der Waals surface area contributed by atoms with Gasteiger partial charge >= 0.3 is 0 Å². The summed E-state index contributed by atoms with van der Waals surface area (Å²) < 4.78 is 12.0. The molecule has 0 aromatic heterocycles. The topological polar surface area (TPSA) is 72.8 Å². The fourth-order valence-corrected chi connectivity index (χ4v) is 5.06. The Hall–Kier alpha value is -2.56. The van der Waals surface area contributed by atoms with Crippen LogP contribution in [0.5, 0.6) is 11.5 Å². The minimum absolute atomic E-state index is 0.00820. The van der Waals surface area contributed by atoms with Crippen LogP contribution in [0.2, 0.25) is 0 Å². The summed E-state index contributed by atoms with van der Waals surface area (Å²) in [5.74, 6) is 1.30. The molecular formula is C26H32O5. The highest BCUT2D eigenvalue weighted by Gasteiger charge is 2.46. The van der Waals surface area contributed by atoms with Crippen LogP contribution in [0.3, 0.4) is 0 Å². The Kier molecular flexibility index (Phi) is 5.27. The zero-order valence-corrected chi connectivity index (χ0v) is 19.1. The van der Waals surface area contributed by atoms with Gasteiger partial charge in [0.2, 0.25) is 0 Å². The number of hydrogen-bond acceptors (Lipinski definition) is 5. The van der Waals surface area contributed by atoms with E-state index in [9.17, 15) is 14.7 Å². The van der Waals surface area contributed by atoms with Crippen molar-refractivity contribution in [3.05, 3.63) is 46.4 Å². The quantitative estimate of drug-likeness (QED) is 0.662. The number of Topliss-reactive ketones (excluding diaryl/α,β-unsaturated/α-hetero) is 2. The standard InChI is InChI=1S/C26H32O5/c1-6-9-30-15-7-8-16-20(10-15)31-21-14-26(4,5)13-19(29)24(21)22(16)23-17(27)11-25(2,3)12-18(23)28/h7-8,10,22,27H,6,9,11-14H2,1-5H3. The van der Waals surface area contributed by atoms with Gasteiger partial charge in [0.15, 0.2) is 11.6 Å². The molecule has 1 atom stereocenters. The molecule has 1 heterocycles. The minimum atomic E-state index is -0.592. The summed E-state index contributed by atoms with van der Waals surface area (Å²) in [5.41, 5.74) is 1.11. The van der Waals surface area contributed by atoms with Gasteiger partial charge in [-0.3, -0.25) is 9.59 Å². The first kappa shape index (κ1) is 21.7. The van der Waals surface area contributed by atoms with Crippen molar-refractivity contribution in [1.82, 2.24) is 0 Å². The molecule has 0 amide bonds. The van der Waals surface area contributed by atoms with Crippen molar-refractivity contribution in [3.8, 4) is 11.5 Å². The number of ether oxygens (including phenoxy) is 2. The Bertz CT molecular complexity index is 1010. The molecule has 31 heavy (non-hydrogen) atoms. The average molecular weight is 425 g/mol. The van der Waals surface area contributed by atoms with Gasteiger partial charge in [-0.1, -0.05) is 40.7 Å². The lowest BCUT2D eigenvalue weighted by Crippen LogP contribution is -2.36. The SMILES string of the molecule is CCCOc1ccc2c(c1)OC1=C(C(=O)CC(C)(C)C1)C2C1=C(O)CC(C)(C)CC1=O. The molecule has 0 fully saturated rings. The van der Waals surface area contributed by atoms with E-state index in [1.807, 2.05) is 52.8 Å². The zero-order chi connectivity index (χ0) is 22.6. The number of hydrogen-bond donors (Lipinski definition) is 1. The number of carbonyl (C=O) groups excluding carboxylic acids is 2. The summed E-state index contributed by atoms with van der Waals surface area (Å²) >= 11 is 0. The van der Waals surface area contributed by atoms with Crippen molar-refractivity contribution < 1.29 is 24.2 Å². The van der Waals surface area contributed by atoms with Crippen LogP contribution >= 0.6 is 0 Å². The molecule has 3 aliphatic rings. The Balaban J connectivity index is 1.88. The van der Waals surface area contributed by atoms with E-state index in [0.717, 1.165) is 12.0 Å². The molecule has 0 saturated heterocycles. The molecule has 4 rings (SSSR count). The highest BCUT2D eigenvalue weighted by molar-refractivity contribution is 6.06. The lowest BCUT2D eigenvalue weighted by molar-refractivity contribution is -0.119. The van der Waals surface area contributed by atoms with Gasteiger partial charge in [0.1, 0.15) is 23.0 Å². The molecule has 1 aromatic rings. The molecule has 2 aliphatic carbocycles. The van der Waals surface area contributed by atoms with Crippen molar-refractivity contribution in [2.24, 2.45) is 10.8 Å². The van der Waals surface area contributed by atoms with Crippen LogP contribution in [0.1, 0.15) is 78.2 Å². The van der Waals surface area contributed by atoms with Crippen LogP contribution in [0.15, 0.2) is 40.9 Å². The summed E-state index contributed by atoms with van der Waals surface area (Å²) in [6.45, 7) is 10.7. The predicted octanol–water partition coefficient (Wildman–Crippen LogP) is 5.80. The van der Waals surface area contributed by atoms with Crippen LogP contribution in [-0.2, 0) is 9.59 Å². The molecule has 1 aliphatic heterocycles. The molecule has 1 aromatic carbocycles. The Morgan fingerprint density at radius 3 is 2.29 bits per heavy atom. The van der Waals surface area contributed by atoms with Gasteiger partial charge in [-0.15, -0.1) is 0 Å². The van der Waals surface area contributed by atoms with Crippen LogP contribution in [0.4, 0.5) is 0 Å². The van der Waals surface area contributed by atoms with Gasteiger partial charge in [0.05, 0.1) is 12.5 Å². The number of carbonyl (C=O) groups is 2. The second kappa shape index (κ2) is 7.54. The van der Waals surface area contributed by atoms with E-state index >= 15 is 0 Å². The molecule has 1 unspecified atom stereocenters. The molecular weight excluding hydrogens is 392 g/mol. The lowest BCUT2D eigenvalue weighted by Gasteiger charge is -2.40. The average Bonchev–Trinajstić information content (AvgIpc) is 2.62. The summed E-state index contributed by atoms with van der Waals surface area (Å²) in [6.07, 6.45) is 2.66. The molecule has 5 heteroatoms. The van der Waals surface area contributed by atoms with Crippen molar-refractivity contribution in [2.45, 2.75) is 72.6 Å². The van der Waals surface area contributed by atoms with E-state index in [2.05, 4.69) is 0 Å². The first-order valence-corrected chi connectivity index (χ1v) is 11.2. The maximum Gasteiger partial charge on any atom is 0.163 e. The van der Waals surface area contributed by atoms with E-state index in [-0.39, 0.29) is 28.2 Å². The second-order valence-electron chi connectivity index (χ2n) is 10.7. The minimum Gasteiger partial charge on any atom is -0.512 e. The summed E-state index contributed by atoms with van der Waals surface area (Å²) in [6, 6.07) is 5.56. The van der Waals surface area contributed by atoms with Crippen LogP contribution in [-0.4, -0.2) is 23.3 Å². The maximum absolute atomic E-state index is 13.3. The van der Waals surface area contributed by atoms with Gasteiger partial charge in [-0.25, -0.2) is 0 Å². The van der Waals surface area contributed by atoms with E-state index in [1.165, 1.54) is 0 Å². The van der Waals surface area contributed by atoms with Crippen LogP contribution < -0.4 is 9.47 Å². The lowest BCUT2D eigenvalue weighted by atomic mass is 9.66. The van der Waals surface area contributed by atoms with Crippen molar-refractivity contribution in [2.75, 3.05) is 6.61 Å². The van der Waals surface area contributed by atoms with Crippen LogP contribution in [0.25, 0.3) is 0 Å². The molecule has 166 valence electrons.